The Morgan fingerprint density at radius 2 is 1.00 bits per heavy atom. The van der Waals surface area contributed by atoms with Gasteiger partial charge in [0.2, 0.25) is 0 Å². The first-order valence-corrected chi connectivity index (χ1v) is 18.3. The van der Waals surface area contributed by atoms with Gasteiger partial charge < -0.3 is 13.7 Å². The van der Waals surface area contributed by atoms with E-state index in [0.717, 1.165) is 72.1 Å². The molecule has 0 aliphatic heterocycles. The quantitative estimate of drug-likeness (QED) is 0.181. The summed E-state index contributed by atoms with van der Waals surface area (Å²) in [5.41, 5.74) is 11.4. The highest BCUT2D eigenvalue weighted by Crippen LogP contribution is 2.45. The molecule has 0 fully saturated rings. The van der Waals surface area contributed by atoms with Crippen LogP contribution in [0, 0.1) is 0 Å². The van der Waals surface area contributed by atoms with Crippen LogP contribution < -0.4 is 4.90 Å². The van der Waals surface area contributed by atoms with Crippen molar-refractivity contribution in [3.8, 4) is 22.3 Å². The summed E-state index contributed by atoms with van der Waals surface area (Å²) in [5.74, 6) is 0. The Hall–Kier alpha value is -6.62. The molecule has 8 aromatic carbocycles. The minimum Gasteiger partial charge on any atom is -0.456 e. The highest BCUT2D eigenvalue weighted by Gasteiger charge is 2.19. The molecule has 0 amide bonds. The third kappa shape index (κ3) is 4.51. The summed E-state index contributed by atoms with van der Waals surface area (Å²) in [7, 11) is 0. The topological polar surface area (TPSA) is 29.5 Å². The van der Waals surface area contributed by atoms with Gasteiger partial charge in [-0.15, -0.1) is 11.3 Å². The summed E-state index contributed by atoms with van der Waals surface area (Å²) in [6.07, 6.45) is 0. The van der Waals surface area contributed by atoms with Gasteiger partial charge in [0.1, 0.15) is 22.3 Å². The lowest BCUT2D eigenvalue weighted by atomic mass is 10.0. The second-order valence-electron chi connectivity index (χ2n) is 13.3. The molecule has 0 bridgehead atoms. The zero-order chi connectivity index (χ0) is 34.2. The van der Waals surface area contributed by atoms with Crippen LogP contribution in [0.4, 0.5) is 17.1 Å². The van der Waals surface area contributed by atoms with Crippen LogP contribution in [0.3, 0.4) is 0 Å². The number of furan rings is 2. The van der Waals surface area contributed by atoms with Gasteiger partial charge in [0.05, 0.1) is 0 Å². The van der Waals surface area contributed by atoms with Crippen molar-refractivity contribution in [2.45, 2.75) is 0 Å². The predicted octanol–water partition coefficient (Wildman–Crippen LogP) is 14.7. The van der Waals surface area contributed by atoms with Crippen molar-refractivity contribution in [2.75, 3.05) is 4.90 Å². The third-order valence-corrected chi connectivity index (χ3v) is 11.4. The van der Waals surface area contributed by atoms with E-state index in [1.165, 1.54) is 31.3 Å². The lowest BCUT2D eigenvalue weighted by molar-refractivity contribution is 0.669. The second-order valence-corrected chi connectivity index (χ2v) is 14.4. The molecule has 0 unspecified atom stereocenters. The zero-order valence-corrected chi connectivity index (χ0v) is 28.7. The number of rotatable bonds is 5. The van der Waals surface area contributed by atoms with E-state index in [4.69, 9.17) is 8.83 Å². The number of anilines is 3. The molecule has 3 nitrogen and oxygen atoms in total. The Bertz CT molecular complexity index is 3110. The number of fused-ring (bicyclic) bond motifs is 10. The lowest BCUT2D eigenvalue weighted by Gasteiger charge is -2.26. The van der Waals surface area contributed by atoms with Crippen molar-refractivity contribution in [1.82, 2.24) is 0 Å². The van der Waals surface area contributed by atoms with Crippen LogP contribution in [0.2, 0.25) is 0 Å². The summed E-state index contributed by atoms with van der Waals surface area (Å²) >= 11 is 1.82. The van der Waals surface area contributed by atoms with Crippen molar-refractivity contribution in [1.29, 1.82) is 0 Å². The Labute approximate surface area is 303 Å². The minimum atomic E-state index is 0.881. The Morgan fingerprint density at radius 1 is 0.365 bits per heavy atom. The predicted molar refractivity (Wildman–Crippen MR) is 219 cm³/mol. The standard InChI is InChI=1S/C48H29NO2S/c1-2-9-30(10-3-1)31-17-21-33(22-18-31)49(35-25-27-43-41(29-35)37-11-4-6-15-42(37)50-43)34-23-19-32(20-24-34)36-13-8-14-38-39-26-28-45-46(48(39)51-47(36)38)40-12-5-7-16-44(40)52-45/h1-29H. The van der Waals surface area contributed by atoms with Gasteiger partial charge >= 0.3 is 0 Å². The molecular weight excluding hydrogens is 655 g/mol. The van der Waals surface area contributed by atoms with Crippen molar-refractivity contribution in [2.24, 2.45) is 0 Å². The average molecular weight is 684 g/mol. The highest BCUT2D eigenvalue weighted by molar-refractivity contribution is 7.26. The van der Waals surface area contributed by atoms with Crippen LogP contribution in [0.15, 0.2) is 185 Å². The first kappa shape index (κ1) is 29.1. The monoisotopic (exact) mass is 683 g/mol. The van der Waals surface area contributed by atoms with E-state index in [1.54, 1.807) is 0 Å². The van der Waals surface area contributed by atoms with Crippen molar-refractivity contribution in [3.05, 3.63) is 176 Å². The highest BCUT2D eigenvalue weighted by atomic mass is 32.1. The largest absolute Gasteiger partial charge is 0.456 e. The molecule has 0 saturated carbocycles. The summed E-state index contributed by atoms with van der Waals surface area (Å²) in [6, 6.07) is 62.4. The molecule has 0 spiro atoms. The minimum absolute atomic E-state index is 0.881. The van der Waals surface area contributed by atoms with Crippen LogP contribution in [0.5, 0.6) is 0 Å². The van der Waals surface area contributed by atoms with Gasteiger partial charge in [-0.1, -0.05) is 109 Å². The molecule has 4 heteroatoms. The van der Waals surface area contributed by atoms with Crippen molar-refractivity contribution < 1.29 is 8.83 Å². The smallest absolute Gasteiger partial charge is 0.144 e. The van der Waals surface area contributed by atoms with Gasteiger partial charge in [-0.2, -0.15) is 0 Å². The molecule has 0 N–H and O–H groups in total. The normalized spacial score (nSPS) is 11.8. The molecule has 0 radical (unpaired) electrons. The number of thiophene rings is 1. The first-order chi connectivity index (χ1) is 25.8. The Morgan fingerprint density at radius 3 is 1.83 bits per heavy atom. The Kier molecular flexibility index (Phi) is 6.42. The van der Waals surface area contributed by atoms with Gasteiger partial charge in [-0.05, 0) is 83.4 Å². The maximum absolute atomic E-state index is 6.84. The number of hydrogen-bond acceptors (Lipinski definition) is 4. The Balaban J connectivity index is 1.04. The van der Waals surface area contributed by atoms with Crippen molar-refractivity contribution in [3.63, 3.8) is 0 Å². The number of nitrogens with zero attached hydrogens (tertiary/aromatic N) is 1. The first-order valence-electron chi connectivity index (χ1n) is 17.5. The van der Waals surface area contributed by atoms with E-state index < -0.39 is 0 Å². The van der Waals surface area contributed by atoms with Crippen LogP contribution in [0.25, 0.3) is 86.3 Å². The van der Waals surface area contributed by atoms with Crippen LogP contribution in [-0.4, -0.2) is 0 Å². The molecule has 3 heterocycles. The maximum Gasteiger partial charge on any atom is 0.144 e. The molecular formula is C48H29NO2S. The van der Waals surface area contributed by atoms with Crippen LogP contribution >= 0.6 is 11.3 Å². The maximum atomic E-state index is 6.84. The summed E-state index contributed by atoms with van der Waals surface area (Å²) in [6.45, 7) is 0. The fraction of sp³-hybridized carbons (Fsp3) is 0. The van der Waals surface area contributed by atoms with Crippen LogP contribution in [0.1, 0.15) is 0 Å². The molecule has 0 aliphatic carbocycles. The molecule has 244 valence electrons. The van der Waals surface area contributed by atoms with E-state index in [2.05, 4.69) is 169 Å². The molecule has 0 atom stereocenters. The second kappa shape index (κ2) is 11.5. The van der Waals surface area contributed by atoms with E-state index in [9.17, 15) is 0 Å². The van der Waals surface area contributed by atoms with E-state index in [-0.39, 0.29) is 0 Å². The lowest BCUT2D eigenvalue weighted by Crippen LogP contribution is -2.09. The number of para-hydroxylation sites is 2. The zero-order valence-electron chi connectivity index (χ0n) is 27.9. The molecule has 52 heavy (non-hydrogen) atoms. The molecule has 0 saturated heterocycles. The van der Waals surface area contributed by atoms with E-state index in [0.29, 0.717) is 0 Å². The summed E-state index contributed by atoms with van der Waals surface area (Å²) in [5, 5.41) is 6.94. The average Bonchev–Trinajstić information content (AvgIpc) is 3.90. The SMILES string of the molecule is c1ccc(-c2ccc(N(c3ccc(-c4cccc5c4oc4c5ccc5sc6ccccc6c54)cc3)c3ccc4oc5ccccc5c4c3)cc2)cc1. The summed E-state index contributed by atoms with van der Waals surface area (Å²) < 4.78 is 15.6. The van der Waals surface area contributed by atoms with Crippen LogP contribution in [-0.2, 0) is 0 Å². The number of hydrogen-bond donors (Lipinski definition) is 0. The van der Waals surface area contributed by atoms with E-state index in [1.807, 2.05) is 23.5 Å². The van der Waals surface area contributed by atoms with Crippen molar-refractivity contribution >= 4 is 92.4 Å². The summed E-state index contributed by atoms with van der Waals surface area (Å²) in [4.78, 5) is 2.32. The molecule has 11 aromatic rings. The van der Waals surface area contributed by atoms with Gasteiger partial charge in [0.15, 0.2) is 0 Å². The van der Waals surface area contributed by atoms with Gasteiger partial charge in [-0.3, -0.25) is 0 Å². The van der Waals surface area contributed by atoms with Gasteiger partial charge in [0, 0.05) is 64.3 Å². The fourth-order valence-electron chi connectivity index (χ4n) is 7.82. The van der Waals surface area contributed by atoms with Gasteiger partial charge in [-0.25, -0.2) is 0 Å². The fourth-order valence-corrected chi connectivity index (χ4v) is 8.92. The van der Waals surface area contributed by atoms with Gasteiger partial charge in [0.25, 0.3) is 0 Å². The third-order valence-electron chi connectivity index (χ3n) is 10.3. The molecule has 11 rings (SSSR count). The molecule has 3 aromatic heterocycles. The number of benzene rings is 8. The van der Waals surface area contributed by atoms with E-state index >= 15 is 0 Å². The molecule has 0 aliphatic rings.